The van der Waals surface area contributed by atoms with Crippen LogP contribution in [0.4, 0.5) is 0 Å². The molecule has 0 amide bonds. The number of halogens is 1. The highest BCUT2D eigenvalue weighted by Crippen LogP contribution is 2.45. The zero-order chi connectivity index (χ0) is 18.8. The van der Waals surface area contributed by atoms with Crippen molar-refractivity contribution >= 4 is 17.6 Å². The number of allylic oxidation sites excluding steroid dienone is 2. The number of ether oxygens (including phenoxy) is 4. The van der Waals surface area contributed by atoms with Gasteiger partial charge in [0.1, 0.15) is 23.2 Å². The van der Waals surface area contributed by atoms with Crippen LogP contribution < -0.4 is 10.5 Å². The molecule has 0 saturated carbocycles. The minimum atomic E-state index is -0.807. The second-order valence-electron chi connectivity index (χ2n) is 5.71. The number of carbonyl (C=O) groups is 1. The van der Waals surface area contributed by atoms with E-state index in [1.54, 1.807) is 26.0 Å². The van der Waals surface area contributed by atoms with E-state index in [1.807, 2.05) is 6.07 Å². The van der Waals surface area contributed by atoms with Gasteiger partial charge in [-0.15, -0.1) is 0 Å². The summed E-state index contributed by atoms with van der Waals surface area (Å²) in [5.74, 6) is -0.674. The van der Waals surface area contributed by atoms with Gasteiger partial charge >= 0.3 is 5.97 Å². The fourth-order valence-electron chi connectivity index (χ4n) is 3.09. The smallest absolute Gasteiger partial charge is 0.338 e. The van der Waals surface area contributed by atoms with Crippen LogP contribution in [0.2, 0.25) is 5.02 Å². The maximum atomic E-state index is 12.6. The summed E-state index contributed by atoms with van der Waals surface area (Å²) in [6.45, 7) is 3.85. The van der Waals surface area contributed by atoms with Crippen LogP contribution in [-0.4, -0.2) is 19.4 Å². The molecule has 7 nitrogen and oxygen atoms in total. The molecule has 2 aliphatic rings. The van der Waals surface area contributed by atoms with Crippen molar-refractivity contribution in [2.45, 2.75) is 26.4 Å². The minimum absolute atomic E-state index is 0.0589. The monoisotopic (exact) mass is 376 g/mol. The molecule has 2 N–H and O–H groups in total. The highest BCUT2D eigenvalue weighted by atomic mass is 35.5. The fourth-order valence-corrected chi connectivity index (χ4v) is 3.34. The number of nitrogens with zero attached hydrogens (tertiary/aromatic N) is 1. The van der Waals surface area contributed by atoms with Crippen molar-refractivity contribution in [2.75, 3.05) is 13.4 Å². The molecule has 3 rings (SSSR count). The number of benzene rings is 1. The van der Waals surface area contributed by atoms with E-state index in [0.29, 0.717) is 22.9 Å². The third-order valence-corrected chi connectivity index (χ3v) is 4.33. The third kappa shape index (κ3) is 3.09. The van der Waals surface area contributed by atoms with Gasteiger partial charge in [-0.1, -0.05) is 11.6 Å². The van der Waals surface area contributed by atoms with Crippen molar-refractivity contribution < 1.29 is 23.7 Å². The largest absolute Gasteiger partial charge is 0.467 e. The van der Waals surface area contributed by atoms with Gasteiger partial charge in [0.05, 0.1) is 24.7 Å². The van der Waals surface area contributed by atoms with E-state index in [0.717, 1.165) is 5.56 Å². The number of nitriles is 1. The van der Waals surface area contributed by atoms with Crippen molar-refractivity contribution in [3.05, 3.63) is 51.1 Å². The topological polar surface area (TPSA) is 104 Å². The van der Waals surface area contributed by atoms with Gasteiger partial charge in [-0.3, -0.25) is 0 Å². The number of hydrogen-bond acceptors (Lipinski definition) is 7. The molecule has 0 bridgehead atoms. The Bertz CT molecular complexity index is 869. The van der Waals surface area contributed by atoms with Crippen molar-refractivity contribution in [3.63, 3.8) is 0 Å². The van der Waals surface area contributed by atoms with Crippen LogP contribution in [0.1, 0.15) is 30.9 Å². The highest BCUT2D eigenvalue weighted by molar-refractivity contribution is 6.30. The lowest BCUT2D eigenvalue weighted by Gasteiger charge is -2.30. The second kappa shape index (κ2) is 7.28. The predicted molar refractivity (Wildman–Crippen MR) is 91.7 cm³/mol. The molecule has 1 unspecified atom stereocenters. The van der Waals surface area contributed by atoms with Crippen molar-refractivity contribution in [1.82, 2.24) is 0 Å². The maximum absolute atomic E-state index is 12.6. The molecule has 0 saturated heterocycles. The summed E-state index contributed by atoms with van der Waals surface area (Å²) in [6.07, 6.45) is 0. The van der Waals surface area contributed by atoms with Gasteiger partial charge in [-0.05, 0) is 26.0 Å². The summed E-state index contributed by atoms with van der Waals surface area (Å²) >= 11 is 6.25. The summed E-state index contributed by atoms with van der Waals surface area (Å²) in [7, 11) is 0. The van der Waals surface area contributed by atoms with Crippen LogP contribution >= 0.6 is 11.6 Å². The Balaban J connectivity index is 2.24. The lowest BCUT2D eigenvalue weighted by atomic mass is 9.82. The predicted octanol–water partition coefficient (Wildman–Crippen LogP) is 2.85. The lowest BCUT2D eigenvalue weighted by molar-refractivity contribution is -0.139. The van der Waals surface area contributed by atoms with E-state index in [4.69, 9.17) is 36.3 Å². The lowest BCUT2D eigenvalue weighted by Crippen LogP contribution is -2.26. The van der Waals surface area contributed by atoms with Gasteiger partial charge < -0.3 is 24.7 Å². The molecule has 8 heteroatoms. The van der Waals surface area contributed by atoms with Crippen molar-refractivity contribution in [3.8, 4) is 11.8 Å². The van der Waals surface area contributed by atoms with Gasteiger partial charge in [0.2, 0.25) is 5.88 Å². The van der Waals surface area contributed by atoms with Gasteiger partial charge in [0, 0.05) is 16.1 Å². The number of carbonyl (C=O) groups excluding carboxylic acids is 1. The quantitative estimate of drug-likeness (QED) is 0.809. The van der Waals surface area contributed by atoms with Crippen molar-refractivity contribution in [2.24, 2.45) is 5.73 Å². The standard InChI is InChI=1S/C18H17ClN2O5/c1-3-24-18(22)14-9(2)26-17(21)13(6-20)15(14)12-5-11(19)4-10-7-23-8-25-16(10)12/h4-5,15H,3,7-8,21H2,1-2H3. The van der Waals surface area contributed by atoms with E-state index in [-0.39, 0.29) is 36.2 Å². The molecule has 0 radical (unpaired) electrons. The summed E-state index contributed by atoms with van der Waals surface area (Å²) in [6, 6.07) is 5.41. The number of rotatable bonds is 3. The number of esters is 1. The first kappa shape index (κ1) is 18.1. The molecule has 1 aromatic carbocycles. The second-order valence-corrected chi connectivity index (χ2v) is 6.15. The van der Waals surface area contributed by atoms with E-state index in [9.17, 15) is 10.1 Å². The first-order valence-corrected chi connectivity index (χ1v) is 8.34. The molecular formula is C18H17ClN2O5. The van der Waals surface area contributed by atoms with E-state index in [1.165, 1.54) is 0 Å². The van der Waals surface area contributed by atoms with E-state index >= 15 is 0 Å². The average molecular weight is 377 g/mol. The normalized spacial score (nSPS) is 19.2. The van der Waals surface area contributed by atoms with Crippen LogP contribution in [0.3, 0.4) is 0 Å². The van der Waals surface area contributed by atoms with Gasteiger partial charge in [-0.25, -0.2) is 4.79 Å². The Morgan fingerprint density at radius 3 is 2.96 bits per heavy atom. The number of fused-ring (bicyclic) bond motifs is 1. The van der Waals surface area contributed by atoms with Crippen LogP contribution in [0, 0.1) is 11.3 Å². The molecule has 0 aromatic heterocycles. The number of nitrogens with two attached hydrogens (primary N) is 1. The molecule has 2 heterocycles. The van der Waals surface area contributed by atoms with Crippen molar-refractivity contribution in [1.29, 1.82) is 5.26 Å². The van der Waals surface area contributed by atoms with E-state index in [2.05, 4.69) is 0 Å². The molecule has 0 spiro atoms. The Hall–Kier alpha value is -2.69. The minimum Gasteiger partial charge on any atom is -0.467 e. The van der Waals surface area contributed by atoms with Gasteiger partial charge in [-0.2, -0.15) is 5.26 Å². The summed E-state index contributed by atoms with van der Waals surface area (Å²) in [5.41, 5.74) is 7.46. The molecule has 1 aromatic rings. The van der Waals surface area contributed by atoms with Gasteiger partial charge in [0.15, 0.2) is 6.79 Å². The zero-order valence-electron chi connectivity index (χ0n) is 14.3. The summed E-state index contributed by atoms with van der Waals surface area (Å²) in [5, 5.41) is 10.1. The number of hydrogen-bond donors (Lipinski definition) is 1. The third-order valence-electron chi connectivity index (χ3n) is 4.12. The van der Waals surface area contributed by atoms with Crippen LogP contribution in [-0.2, 0) is 25.6 Å². The molecule has 0 fully saturated rings. The van der Waals surface area contributed by atoms with E-state index < -0.39 is 11.9 Å². The maximum Gasteiger partial charge on any atom is 0.338 e. The summed E-state index contributed by atoms with van der Waals surface area (Å²) in [4.78, 5) is 12.6. The molecule has 0 aliphatic carbocycles. The molecule has 26 heavy (non-hydrogen) atoms. The molecule has 136 valence electrons. The summed E-state index contributed by atoms with van der Waals surface area (Å²) < 4.78 is 21.5. The van der Waals surface area contributed by atoms with Crippen LogP contribution in [0.25, 0.3) is 0 Å². The SMILES string of the molecule is CCOC(=O)C1=C(C)OC(N)=C(C#N)C1c1cc(Cl)cc2c1OCOC2. The zero-order valence-corrected chi connectivity index (χ0v) is 15.1. The molecule has 1 atom stereocenters. The Labute approximate surface area is 155 Å². The Morgan fingerprint density at radius 2 is 2.27 bits per heavy atom. The Morgan fingerprint density at radius 1 is 1.50 bits per heavy atom. The fraction of sp³-hybridized carbons (Fsp3) is 0.333. The highest BCUT2D eigenvalue weighted by Gasteiger charge is 2.39. The first-order chi connectivity index (χ1) is 12.5. The van der Waals surface area contributed by atoms with Gasteiger partial charge in [0.25, 0.3) is 0 Å². The Kier molecular flexibility index (Phi) is 5.07. The van der Waals surface area contributed by atoms with Crippen LogP contribution in [0.5, 0.6) is 5.75 Å². The molecular weight excluding hydrogens is 360 g/mol. The molecule has 2 aliphatic heterocycles. The average Bonchev–Trinajstić information content (AvgIpc) is 2.60. The first-order valence-electron chi connectivity index (χ1n) is 7.96. The van der Waals surface area contributed by atoms with Crippen LogP contribution in [0.15, 0.2) is 34.9 Å².